The molecule has 0 radical (unpaired) electrons. The molecule has 0 bridgehead atoms. The standard InChI is InChI=1S/C35H43NO20/c1-15(37)46-14-25-27(48-16(2)38)30(51-19(5)41)33(54-22(8)44)34(56-25)55-24-11-9-23(10-12-24)13-47-35(45)36-26-28(49-17(3)39)31(52-20(6)42)32(53-21(7)43)29(26)50-18(4)40/h9-12,25-34H,13-14H2,1-8H3,(H,36,45)/t25-,26?,27-,28-,29+,30+,31+,32-,33+,34+/m1/s1. The van der Waals surface area contributed by atoms with Gasteiger partial charge >= 0.3 is 53.8 Å². The fourth-order valence-corrected chi connectivity index (χ4v) is 5.86. The van der Waals surface area contributed by atoms with Gasteiger partial charge in [-0.05, 0) is 17.7 Å². The van der Waals surface area contributed by atoms with Gasteiger partial charge in [-0.1, -0.05) is 12.1 Å². The monoisotopic (exact) mass is 797 g/mol. The number of hydrogen-bond acceptors (Lipinski definition) is 20. The summed E-state index contributed by atoms with van der Waals surface area (Å²) in [4.78, 5) is 109. The molecule has 0 aromatic heterocycles. The summed E-state index contributed by atoms with van der Waals surface area (Å²) in [5, 5.41) is 2.43. The van der Waals surface area contributed by atoms with E-state index in [1.165, 1.54) is 24.3 Å². The summed E-state index contributed by atoms with van der Waals surface area (Å²) in [6.45, 7) is 7.73. The van der Waals surface area contributed by atoms with E-state index in [1.807, 2.05) is 0 Å². The molecule has 1 aromatic rings. The second kappa shape index (κ2) is 20.1. The quantitative estimate of drug-likeness (QED) is 0.198. The normalized spacial score (nSPS) is 26.6. The molecule has 21 heteroatoms. The third-order valence-electron chi connectivity index (χ3n) is 7.67. The molecule has 1 heterocycles. The van der Waals surface area contributed by atoms with Crippen molar-refractivity contribution >= 4 is 53.8 Å². The van der Waals surface area contributed by atoms with E-state index in [0.29, 0.717) is 5.56 Å². The minimum Gasteiger partial charge on any atom is -0.463 e. The van der Waals surface area contributed by atoms with Crippen LogP contribution in [0.1, 0.15) is 61.0 Å². The largest absolute Gasteiger partial charge is 0.463 e. The predicted octanol–water partition coefficient (Wildman–Crippen LogP) is 0.484. The Morgan fingerprint density at radius 1 is 0.500 bits per heavy atom. The molecule has 1 aliphatic carbocycles. The SMILES string of the molecule is CC(=O)OC[C@H]1O[C@H](Oc2ccc(COC(=O)NC3[C@@H](OC(C)=O)[C@H](OC(C)=O)[C@H](OC(C)=O)[C@H]3OC(C)=O)cc2)[C@@H](OC(C)=O)[C@@H](OC(C)=O)[C@@H]1OC(C)=O. The maximum atomic E-state index is 13.1. The molecule has 2 aliphatic rings. The third kappa shape index (κ3) is 13.1. The van der Waals surface area contributed by atoms with Crippen LogP contribution in [0, 0.1) is 0 Å². The van der Waals surface area contributed by atoms with Crippen molar-refractivity contribution in [2.24, 2.45) is 0 Å². The average Bonchev–Trinajstić information content (AvgIpc) is 3.29. The van der Waals surface area contributed by atoms with E-state index in [9.17, 15) is 43.2 Å². The van der Waals surface area contributed by atoms with Gasteiger partial charge in [-0.2, -0.15) is 0 Å². The summed E-state index contributed by atoms with van der Waals surface area (Å²) in [6.07, 6.45) is -14.1. The molecule has 308 valence electrons. The van der Waals surface area contributed by atoms with E-state index in [0.717, 1.165) is 55.4 Å². The molecule has 1 N–H and O–H groups in total. The molecule has 1 amide bonds. The Morgan fingerprint density at radius 3 is 1.32 bits per heavy atom. The Labute approximate surface area is 319 Å². The number of benzene rings is 1. The first-order chi connectivity index (χ1) is 26.2. The lowest BCUT2D eigenvalue weighted by atomic mass is 9.98. The van der Waals surface area contributed by atoms with Crippen molar-refractivity contribution in [3.63, 3.8) is 0 Å². The number of rotatable bonds is 14. The summed E-state index contributed by atoms with van der Waals surface area (Å²) < 4.78 is 59.6. The number of alkyl carbamates (subject to hydrolysis) is 1. The van der Waals surface area contributed by atoms with E-state index in [-0.39, 0.29) is 12.4 Å². The second-order valence-corrected chi connectivity index (χ2v) is 12.4. The minimum atomic E-state index is -1.50. The van der Waals surface area contributed by atoms with Crippen LogP contribution in [0.15, 0.2) is 24.3 Å². The number of esters is 8. The van der Waals surface area contributed by atoms with Crippen LogP contribution in [-0.2, 0) is 92.3 Å². The molecule has 10 atom stereocenters. The molecule has 1 unspecified atom stereocenters. The first-order valence-electron chi connectivity index (χ1n) is 16.9. The van der Waals surface area contributed by atoms with Gasteiger partial charge in [0.2, 0.25) is 12.4 Å². The zero-order chi connectivity index (χ0) is 41.9. The Bertz CT molecular complexity index is 1600. The molecule has 56 heavy (non-hydrogen) atoms. The summed E-state index contributed by atoms with van der Waals surface area (Å²) in [6, 6.07) is 4.37. The van der Waals surface area contributed by atoms with Crippen LogP contribution < -0.4 is 10.1 Å². The first kappa shape index (κ1) is 44.4. The lowest BCUT2D eigenvalue weighted by Gasteiger charge is -2.43. The zero-order valence-corrected chi connectivity index (χ0v) is 31.7. The van der Waals surface area contributed by atoms with Crippen molar-refractivity contribution in [2.45, 2.75) is 123 Å². The van der Waals surface area contributed by atoms with E-state index < -0.39 is 122 Å². The summed E-state index contributed by atoms with van der Waals surface area (Å²) in [5.41, 5.74) is 0.393. The van der Waals surface area contributed by atoms with Crippen LogP contribution >= 0.6 is 0 Å². The van der Waals surface area contributed by atoms with Crippen molar-refractivity contribution in [1.29, 1.82) is 0 Å². The van der Waals surface area contributed by atoms with Gasteiger partial charge in [-0.3, -0.25) is 38.4 Å². The maximum Gasteiger partial charge on any atom is 0.407 e. The third-order valence-corrected chi connectivity index (χ3v) is 7.67. The molecule has 2 fully saturated rings. The van der Waals surface area contributed by atoms with Crippen molar-refractivity contribution < 1.29 is 95.3 Å². The highest BCUT2D eigenvalue weighted by molar-refractivity contribution is 5.72. The highest BCUT2D eigenvalue weighted by Crippen LogP contribution is 2.33. The Balaban J connectivity index is 1.81. The predicted molar refractivity (Wildman–Crippen MR) is 178 cm³/mol. The van der Waals surface area contributed by atoms with Gasteiger partial charge in [-0.25, -0.2) is 4.79 Å². The van der Waals surface area contributed by atoms with Crippen LogP contribution in [0.4, 0.5) is 4.79 Å². The molecule has 3 rings (SSSR count). The number of hydrogen-bond donors (Lipinski definition) is 1. The van der Waals surface area contributed by atoms with Crippen molar-refractivity contribution in [1.82, 2.24) is 5.32 Å². The van der Waals surface area contributed by atoms with Gasteiger partial charge in [-0.15, -0.1) is 0 Å². The van der Waals surface area contributed by atoms with Crippen LogP contribution in [0.3, 0.4) is 0 Å². The van der Waals surface area contributed by atoms with Gasteiger partial charge in [0.05, 0.1) is 0 Å². The maximum absolute atomic E-state index is 13.1. The fraction of sp³-hybridized carbons (Fsp3) is 0.571. The van der Waals surface area contributed by atoms with E-state index in [4.69, 9.17) is 52.1 Å². The molecule has 0 spiro atoms. The van der Waals surface area contributed by atoms with Gasteiger partial charge in [0.1, 0.15) is 31.1 Å². The zero-order valence-electron chi connectivity index (χ0n) is 31.7. The van der Waals surface area contributed by atoms with Crippen molar-refractivity contribution in [3.05, 3.63) is 29.8 Å². The van der Waals surface area contributed by atoms with E-state index >= 15 is 0 Å². The molecule has 1 saturated heterocycles. The van der Waals surface area contributed by atoms with Crippen LogP contribution in [0.2, 0.25) is 0 Å². The van der Waals surface area contributed by atoms with Gasteiger partial charge in [0, 0.05) is 55.4 Å². The number of nitrogens with one attached hydrogen (secondary N) is 1. The van der Waals surface area contributed by atoms with Gasteiger partial charge in [0.15, 0.2) is 36.6 Å². The average molecular weight is 798 g/mol. The lowest BCUT2D eigenvalue weighted by molar-refractivity contribution is -0.288. The summed E-state index contributed by atoms with van der Waals surface area (Å²) in [7, 11) is 0. The Hall–Kier alpha value is -5.99. The molecule has 1 aliphatic heterocycles. The summed E-state index contributed by atoms with van der Waals surface area (Å²) >= 11 is 0. The van der Waals surface area contributed by atoms with Crippen LogP contribution in [-0.4, -0.2) is 122 Å². The van der Waals surface area contributed by atoms with E-state index in [2.05, 4.69) is 5.32 Å². The summed E-state index contributed by atoms with van der Waals surface area (Å²) in [5.74, 6) is -6.46. The van der Waals surface area contributed by atoms with Crippen LogP contribution in [0.25, 0.3) is 0 Å². The number of carbonyl (C=O) groups excluding carboxylic acids is 9. The molecule has 1 aromatic carbocycles. The Morgan fingerprint density at radius 2 is 0.893 bits per heavy atom. The van der Waals surface area contributed by atoms with Gasteiger partial charge in [0.25, 0.3) is 0 Å². The lowest BCUT2D eigenvalue weighted by Crippen LogP contribution is -2.63. The smallest absolute Gasteiger partial charge is 0.407 e. The highest BCUT2D eigenvalue weighted by Gasteiger charge is 2.59. The van der Waals surface area contributed by atoms with Crippen molar-refractivity contribution in [2.75, 3.05) is 6.61 Å². The second-order valence-electron chi connectivity index (χ2n) is 12.4. The van der Waals surface area contributed by atoms with Crippen LogP contribution in [0.5, 0.6) is 5.75 Å². The topological polar surface area (TPSA) is 267 Å². The van der Waals surface area contributed by atoms with Gasteiger partial charge < -0.3 is 57.4 Å². The van der Waals surface area contributed by atoms with Crippen molar-refractivity contribution in [3.8, 4) is 5.75 Å². The fourth-order valence-electron chi connectivity index (χ4n) is 5.86. The molecule has 21 nitrogen and oxygen atoms in total. The highest BCUT2D eigenvalue weighted by atomic mass is 16.7. The number of carbonyl (C=O) groups is 9. The Kier molecular flexibility index (Phi) is 15.9. The molecule has 1 saturated carbocycles. The number of ether oxygens (including phenoxy) is 11. The van der Waals surface area contributed by atoms with E-state index in [1.54, 1.807) is 0 Å². The first-order valence-corrected chi connectivity index (χ1v) is 16.9. The molecular formula is C35H43NO20. The molecular weight excluding hydrogens is 754 g/mol. The minimum absolute atomic E-state index is 0.103. The number of amides is 1.